The number of carbonyl (C=O) groups excluding carboxylic acids is 2. The second kappa shape index (κ2) is 11.9. The third-order valence-electron chi connectivity index (χ3n) is 3.90. The van der Waals surface area contributed by atoms with E-state index < -0.39 is 6.04 Å². The van der Waals surface area contributed by atoms with Crippen molar-refractivity contribution in [2.75, 3.05) is 25.4 Å². The molecule has 6 heteroatoms. The Kier molecular flexibility index (Phi) is 10.3. The first-order chi connectivity index (χ1) is 12.0. The molecule has 0 radical (unpaired) electrons. The quantitative estimate of drug-likeness (QED) is 0.590. The molecule has 0 heterocycles. The molecular formula is C19H30N2O3S. The fourth-order valence-electron chi connectivity index (χ4n) is 2.50. The number of amides is 2. The van der Waals surface area contributed by atoms with Crippen LogP contribution in [0.5, 0.6) is 0 Å². The fourth-order valence-corrected chi connectivity index (χ4v) is 3.41. The zero-order valence-corrected chi connectivity index (χ0v) is 16.3. The minimum Gasteiger partial charge on any atom is -0.395 e. The molecule has 0 bridgehead atoms. The Morgan fingerprint density at radius 3 is 2.44 bits per heavy atom. The summed E-state index contributed by atoms with van der Waals surface area (Å²) in [4.78, 5) is 26.7. The highest BCUT2D eigenvalue weighted by molar-refractivity contribution is 7.99. The van der Waals surface area contributed by atoms with Gasteiger partial charge in [-0.2, -0.15) is 0 Å². The summed E-state index contributed by atoms with van der Waals surface area (Å²) >= 11 is 1.55. The number of thioether (sulfide) groups is 1. The minimum atomic E-state index is -0.589. The standard InChI is InChI=1S/C19H30N2O3S/c1-4-6-7-16-8-10-17(11-9-16)25-14-18(20-15(3)23)19(24)21(5-2)12-13-22/h8-11,18,22H,4-7,12-14H2,1-3H3,(H,20,23). The van der Waals surface area contributed by atoms with Crippen molar-refractivity contribution in [2.45, 2.75) is 51.0 Å². The molecule has 1 unspecified atom stereocenters. The topological polar surface area (TPSA) is 69.6 Å². The molecule has 0 saturated heterocycles. The Morgan fingerprint density at radius 2 is 1.92 bits per heavy atom. The number of nitrogens with one attached hydrogen (secondary N) is 1. The van der Waals surface area contributed by atoms with Gasteiger partial charge in [-0.05, 0) is 37.5 Å². The Balaban J connectivity index is 2.68. The largest absolute Gasteiger partial charge is 0.395 e. The fraction of sp³-hybridized carbons (Fsp3) is 0.579. The molecule has 0 spiro atoms. The highest BCUT2D eigenvalue weighted by Gasteiger charge is 2.24. The van der Waals surface area contributed by atoms with E-state index in [1.54, 1.807) is 16.7 Å². The predicted octanol–water partition coefficient (Wildman–Crippen LogP) is 2.47. The number of aliphatic hydroxyl groups is 1. The van der Waals surface area contributed by atoms with Gasteiger partial charge in [-0.25, -0.2) is 0 Å². The molecule has 1 aromatic rings. The number of aliphatic hydroxyl groups excluding tert-OH is 1. The first-order valence-corrected chi connectivity index (χ1v) is 9.88. The maximum absolute atomic E-state index is 12.6. The minimum absolute atomic E-state index is 0.0846. The number of aryl methyl sites for hydroxylation is 1. The summed E-state index contributed by atoms with van der Waals surface area (Å²) in [5, 5.41) is 11.8. The Bertz CT molecular complexity index is 534. The maximum Gasteiger partial charge on any atom is 0.246 e. The Hall–Kier alpha value is -1.53. The number of rotatable bonds is 11. The smallest absolute Gasteiger partial charge is 0.246 e. The van der Waals surface area contributed by atoms with Gasteiger partial charge in [0, 0.05) is 30.7 Å². The number of carbonyl (C=O) groups is 2. The van der Waals surface area contributed by atoms with Crippen molar-refractivity contribution in [3.63, 3.8) is 0 Å². The van der Waals surface area contributed by atoms with E-state index in [1.165, 1.54) is 25.3 Å². The van der Waals surface area contributed by atoms with Crippen molar-refractivity contribution in [3.05, 3.63) is 29.8 Å². The van der Waals surface area contributed by atoms with Crippen molar-refractivity contribution in [3.8, 4) is 0 Å². The lowest BCUT2D eigenvalue weighted by atomic mass is 10.1. The van der Waals surface area contributed by atoms with Crippen molar-refractivity contribution in [1.82, 2.24) is 10.2 Å². The van der Waals surface area contributed by atoms with Gasteiger partial charge in [0.15, 0.2) is 0 Å². The van der Waals surface area contributed by atoms with Crippen LogP contribution in [0.15, 0.2) is 29.2 Å². The molecule has 140 valence electrons. The predicted molar refractivity (Wildman–Crippen MR) is 103 cm³/mol. The summed E-state index contributed by atoms with van der Waals surface area (Å²) in [7, 11) is 0. The molecule has 0 aliphatic rings. The molecule has 0 saturated carbocycles. The number of unbranched alkanes of at least 4 members (excludes halogenated alkanes) is 1. The summed E-state index contributed by atoms with van der Waals surface area (Å²) in [5.74, 6) is 0.0852. The summed E-state index contributed by atoms with van der Waals surface area (Å²) in [6, 6.07) is 7.79. The first kappa shape index (κ1) is 21.5. The second-order valence-electron chi connectivity index (χ2n) is 5.95. The summed E-state index contributed by atoms with van der Waals surface area (Å²) in [6.07, 6.45) is 3.45. The molecule has 5 nitrogen and oxygen atoms in total. The van der Waals surface area contributed by atoms with Gasteiger partial charge in [0.25, 0.3) is 0 Å². The molecule has 0 aliphatic heterocycles. The molecule has 2 N–H and O–H groups in total. The van der Waals surface area contributed by atoms with E-state index in [4.69, 9.17) is 5.11 Å². The van der Waals surface area contributed by atoms with Crippen LogP contribution in [0.2, 0.25) is 0 Å². The third kappa shape index (κ3) is 7.92. The number of likely N-dealkylation sites (N-methyl/N-ethyl adjacent to an activating group) is 1. The molecular weight excluding hydrogens is 336 g/mol. The van der Waals surface area contributed by atoms with Gasteiger partial charge in [-0.1, -0.05) is 25.5 Å². The van der Waals surface area contributed by atoms with Gasteiger partial charge < -0.3 is 15.3 Å². The van der Waals surface area contributed by atoms with Gasteiger partial charge in [0.1, 0.15) is 6.04 Å². The van der Waals surface area contributed by atoms with E-state index in [0.29, 0.717) is 12.3 Å². The van der Waals surface area contributed by atoms with Gasteiger partial charge in [-0.15, -0.1) is 11.8 Å². The van der Waals surface area contributed by atoms with Gasteiger partial charge >= 0.3 is 0 Å². The van der Waals surface area contributed by atoms with E-state index >= 15 is 0 Å². The van der Waals surface area contributed by atoms with Gasteiger partial charge in [0.05, 0.1) is 6.61 Å². The van der Waals surface area contributed by atoms with E-state index in [1.807, 2.05) is 6.92 Å². The maximum atomic E-state index is 12.6. The van der Waals surface area contributed by atoms with Crippen molar-refractivity contribution >= 4 is 23.6 Å². The lowest BCUT2D eigenvalue weighted by molar-refractivity contribution is -0.135. The van der Waals surface area contributed by atoms with Crippen LogP contribution in [0.1, 0.15) is 39.2 Å². The normalized spacial score (nSPS) is 11.8. The molecule has 1 atom stereocenters. The highest BCUT2D eigenvalue weighted by Crippen LogP contribution is 2.20. The first-order valence-electron chi connectivity index (χ1n) is 8.90. The Morgan fingerprint density at radius 1 is 1.24 bits per heavy atom. The van der Waals surface area contributed by atoms with Crippen LogP contribution in [-0.2, 0) is 16.0 Å². The van der Waals surface area contributed by atoms with Crippen molar-refractivity contribution in [1.29, 1.82) is 0 Å². The van der Waals surface area contributed by atoms with Crippen LogP contribution in [0.4, 0.5) is 0 Å². The van der Waals surface area contributed by atoms with Gasteiger partial charge in [-0.3, -0.25) is 9.59 Å². The number of hydrogen-bond donors (Lipinski definition) is 2. The van der Waals surface area contributed by atoms with Crippen LogP contribution in [0.25, 0.3) is 0 Å². The van der Waals surface area contributed by atoms with Crippen LogP contribution in [0.3, 0.4) is 0 Å². The average molecular weight is 367 g/mol. The Labute approximate surface area is 155 Å². The summed E-state index contributed by atoms with van der Waals surface area (Å²) in [6.45, 7) is 6.16. The zero-order chi connectivity index (χ0) is 18.7. The molecule has 0 fully saturated rings. The molecule has 1 rings (SSSR count). The van der Waals surface area contributed by atoms with E-state index in [2.05, 4.69) is 36.5 Å². The molecule has 0 aromatic heterocycles. The SMILES string of the molecule is CCCCc1ccc(SCC(NC(C)=O)C(=O)N(CC)CCO)cc1. The number of nitrogens with zero attached hydrogens (tertiary/aromatic N) is 1. The summed E-state index contributed by atoms with van der Waals surface area (Å²) in [5.41, 5.74) is 1.32. The average Bonchev–Trinajstić information content (AvgIpc) is 2.61. The number of hydrogen-bond acceptors (Lipinski definition) is 4. The summed E-state index contributed by atoms with van der Waals surface area (Å²) < 4.78 is 0. The van der Waals surface area contributed by atoms with Crippen LogP contribution in [-0.4, -0.2) is 53.3 Å². The molecule has 1 aromatic carbocycles. The lowest BCUT2D eigenvalue weighted by Gasteiger charge is -2.26. The second-order valence-corrected chi connectivity index (χ2v) is 7.05. The zero-order valence-electron chi connectivity index (χ0n) is 15.5. The van der Waals surface area contributed by atoms with Crippen LogP contribution < -0.4 is 5.32 Å². The third-order valence-corrected chi connectivity index (χ3v) is 5.00. The monoisotopic (exact) mass is 366 g/mol. The number of benzene rings is 1. The molecule has 25 heavy (non-hydrogen) atoms. The van der Waals surface area contributed by atoms with Crippen molar-refractivity contribution in [2.24, 2.45) is 0 Å². The molecule has 0 aliphatic carbocycles. The van der Waals surface area contributed by atoms with Crippen molar-refractivity contribution < 1.29 is 14.7 Å². The highest BCUT2D eigenvalue weighted by atomic mass is 32.2. The van der Waals surface area contributed by atoms with E-state index in [0.717, 1.165) is 11.3 Å². The van der Waals surface area contributed by atoms with E-state index in [-0.39, 0.29) is 25.0 Å². The van der Waals surface area contributed by atoms with E-state index in [9.17, 15) is 9.59 Å². The van der Waals surface area contributed by atoms with Gasteiger partial charge in [0.2, 0.25) is 11.8 Å². The van der Waals surface area contributed by atoms with Crippen LogP contribution >= 0.6 is 11.8 Å². The van der Waals surface area contributed by atoms with Crippen LogP contribution in [0, 0.1) is 0 Å². The molecule has 2 amide bonds. The lowest BCUT2D eigenvalue weighted by Crippen LogP contribution is -2.50.